The fourth-order valence-corrected chi connectivity index (χ4v) is 3.32. The number of anilines is 1. The van der Waals surface area contributed by atoms with Gasteiger partial charge >= 0.3 is 0 Å². The van der Waals surface area contributed by atoms with Gasteiger partial charge in [0.1, 0.15) is 11.5 Å². The lowest BCUT2D eigenvalue weighted by Gasteiger charge is -2.05. The Balaban J connectivity index is 1.59. The molecule has 5 aromatic rings. The molecule has 0 bridgehead atoms. The number of nitrogens with zero attached hydrogens (tertiary/aromatic N) is 3. The number of hydrogen-bond donors (Lipinski definition) is 2. The minimum Gasteiger partial charge on any atom is -0.463 e. The number of furan rings is 1. The Hall–Kier alpha value is -4.26. The Morgan fingerprint density at radius 2 is 1.72 bits per heavy atom. The fraction of sp³-hybridized carbons (Fsp3) is 0. The summed E-state index contributed by atoms with van der Waals surface area (Å²) in [6.07, 6.45) is 1.56. The number of para-hydroxylation sites is 1. The standard InChI is InChI=1S/C22H15N5O2/c23-20-14-7-1-2-8-15(14)21(25-20)26-27-22(28)16-12-18(19-10-5-11-29-19)24-17-9-4-3-6-13(16)17/h1-12,25H,23H2. The van der Waals surface area contributed by atoms with E-state index in [0.717, 1.165) is 10.8 Å². The van der Waals surface area contributed by atoms with E-state index in [4.69, 9.17) is 10.2 Å². The monoisotopic (exact) mass is 381 g/mol. The van der Waals surface area contributed by atoms with Crippen molar-refractivity contribution in [1.82, 2.24) is 9.97 Å². The molecule has 0 spiro atoms. The van der Waals surface area contributed by atoms with Gasteiger partial charge in [0.15, 0.2) is 11.6 Å². The molecule has 0 radical (unpaired) electrons. The molecule has 140 valence electrons. The molecule has 7 heteroatoms. The number of nitrogens with two attached hydrogens (primary N) is 1. The van der Waals surface area contributed by atoms with Gasteiger partial charge in [0.2, 0.25) is 0 Å². The number of aromatic amines is 1. The number of nitrogen functional groups attached to an aromatic ring is 1. The summed E-state index contributed by atoms with van der Waals surface area (Å²) < 4.78 is 5.44. The molecule has 3 N–H and O–H groups in total. The number of benzene rings is 2. The number of amides is 1. The van der Waals surface area contributed by atoms with Crippen molar-refractivity contribution in [3.63, 3.8) is 0 Å². The number of rotatable bonds is 3. The van der Waals surface area contributed by atoms with Crippen LogP contribution in [0.4, 0.5) is 11.6 Å². The highest BCUT2D eigenvalue weighted by molar-refractivity contribution is 6.07. The van der Waals surface area contributed by atoms with Crippen molar-refractivity contribution < 1.29 is 9.21 Å². The van der Waals surface area contributed by atoms with Gasteiger partial charge < -0.3 is 15.1 Å². The molecule has 29 heavy (non-hydrogen) atoms. The van der Waals surface area contributed by atoms with Crippen molar-refractivity contribution in [2.24, 2.45) is 10.2 Å². The molecule has 3 aromatic heterocycles. The Morgan fingerprint density at radius 1 is 0.966 bits per heavy atom. The van der Waals surface area contributed by atoms with E-state index in [-0.39, 0.29) is 0 Å². The first-order valence-corrected chi connectivity index (χ1v) is 8.96. The Morgan fingerprint density at radius 3 is 2.52 bits per heavy atom. The number of hydrogen-bond acceptors (Lipinski definition) is 5. The van der Waals surface area contributed by atoms with Crippen LogP contribution in [-0.4, -0.2) is 15.9 Å². The lowest BCUT2D eigenvalue weighted by atomic mass is 10.1. The molecule has 7 nitrogen and oxygen atoms in total. The predicted molar refractivity (Wildman–Crippen MR) is 111 cm³/mol. The van der Waals surface area contributed by atoms with Crippen molar-refractivity contribution in [2.45, 2.75) is 0 Å². The van der Waals surface area contributed by atoms with Gasteiger partial charge in [0, 0.05) is 16.2 Å². The van der Waals surface area contributed by atoms with Crippen LogP contribution in [0.15, 0.2) is 87.6 Å². The van der Waals surface area contributed by atoms with Crippen LogP contribution in [-0.2, 0) is 0 Å². The molecule has 0 saturated heterocycles. The van der Waals surface area contributed by atoms with E-state index < -0.39 is 5.91 Å². The molecule has 5 rings (SSSR count). The van der Waals surface area contributed by atoms with Gasteiger partial charge in [-0.15, -0.1) is 10.2 Å². The number of azo groups is 1. The van der Waals surface area contributed by atoms with Crippen molar-refractivity contribution in [1.29, 1.82) is 0 Å². The molecule has 0 aliphatic rings. The second kappa shape index (κ2) is 6.72. The van der Waals surface area contributed by atoms with Crippen molar-refractivity contribution >= 4 is 39.2 Å². The summed E-state index contributed by atoms with van der Waals surface area (Å²) in [5.74, 6) is 1.02. The molecule has 1 amide bonds. The van der Waals surface area contributed by atoms with Gasteiger partial charge in [-0.1, -0.05) is 42.5 Å². The van der Waals surface area contributed by atoms with Gasteiger partial charge in [0.05, 0.1) is 17.3 Å². The molecule has 3 heterocycles. The Labute approximate surface area is 164 Å². The molecule has 0 atom stereocenters. The first-order valence-electron chi connectivity index (χ1n) is 8.96. The van der Waals surface area contributed by atoms with Gasteiger partial charge in [0.25, 0.3) is 5.91 Å². The number of H-pyrrole nitrogens is 1. The van der Waals surface area contributed by atoms with Crippen molar-refractivity contribution in [3.05, 3.63) is 78.6 Å². The normalized spacial score (nSPS) is 11.6. The minimum atomic E-state index is -0.478. The molecule has 2 aromatic carbocycles. The first kappa shape index (κ1) is 16.9. The average molecular weight is 381 g/mol. The average Bonchev–Trinajstić information content (AvgIpc) is 3.40. The molecule has 0 saturated carbocycles. The van der Waals surface area contributed by atoms with E-state index in [0.29, 0.717) is 39.6 Å². The number of carbonyl (C=O) groups excluding carboxylic acids is 1. The van der Waals surface area contributed by atoms with E-state index in [1.807, 2.05) is 48.5 Å². The van der Waals surface area contributed by atoms with Crippen LogP contribution in [0.2, 0.25) is 0 Å². The quantitative estimate of drug-likeness (QED) is 0.403. The third kappa shape index (κ3) is 2.94. The van der Waals surface area contributed by atoms with Crippen LogP contribution in [0.25, 0.3) is 33.1 Å². The summed E-state index contributed by atoms with van der Waals surface area (Å²) in [7, 11) is 0. The van der Waals surface area contributed by atoms with E-state index in [1.165, 1.54) is 0 Å². The van der Waals surface area contributed by atoms with Crippen LogP contribution in [0.3, 0.4) is 0 Å². The third-order valence-corrected chi connectivity index (χ3v) is 4.69. The summed E-state index contributed by atoms with van der Waals surface area (Å²) in [6, 6.07) is 20.1. The highest BCUT2D eigenvalue weighted by Gasteiger charge is 2.15. The maximum Gasteiger partial charge on any atom is 0.296 e. The molecule has 0 aliphatic heterocycles. The first-order chi connectivity index (χ1) is 14.2. The van der Waals surface area contributed by atoms with Gasteiger partial charge in [-0.05, 0) is 24.3 Å². The molecular weight excluding hydrogens is 366 g/mol. The lowest BCUT2D eigenvalue weighted by Crippen LogP contribution is -1.98. The number of aromatic nitrogens is 2. The van der Waals surface area contributed by atoms with Gasteiger partial charge in [-0.3, -0.25) is 4.79 Å². The zero-order chi connectivity index (χ0) is 19.8. The predicted octanol–water partition coefficient (Wildman–Crippen LogP) is 5.48. The van der Waals surface area contributed by atoms with Crippen LogP contribution in [0.1, 0.15) is 10.4 Å². The van der Waals surface area contributed by atoms with Crippen molar-refractivity contribution in [2.75, 3.05) is 5.73 Å². The number of pyridine rings is 1. The van der Waals surface area contributed by atoms with Gasteiger partial charge in [-0.25, -0.2) is 4.98 Å². The summed E-state index contributed by atoms with van der Waals surface area (Å²) >= 11 is 0. The molecule has 0 aliphatic carbocycles. The second-order valence-corrected chi connectivity index (χ2v) is 6.49. The summed E-state index contributed by atoms with van der Waals surface area (Å²) in [5, 5.41) is 10.4. The molecule has 0 unspecified atom stereocenters. The third-order valence-electron chi connectivity index (χ3n) is 4.69. The van der Waals surface area contributed by atoms with Gasteiger partial charge in [-0.2, -0.15) is 0 Å². The number of fused-ring (bicyclic) bond motifs is 2. The van der Waals surface area contributed by atoms with E-state index in [9.17, 15) is 4.79 Å². The highest BCUT2D eigenvalue weighted by Crippen LogP contribution is 2.31. The molecule has 0 fully saturated rings. The maximum atomic E-state index is 12.9. The topological polar surface area (TPSA) is 110 Å². The Bertz CT molecular complexity index is 1380. The lowest BCUT2D eigenvalue weighted by molar-refractivity contribution is 0.0996. The summed E-state index contributed by atoms with van der Waals surface area (Å²) in [5.41, 5.74) is 7.61. The van der Waals surface area contributed by atoms with Crippen molar-refractivity contribution in [3.8, 4) is 11.5 Å². The summed E-state index contributed by atoms with van der Waals surface area (Å²) in [6.45, 7) is 0. The largest absolute Gasteiger partial charge is 0.463 e. The second-order valence-electron chi connectivity index (χ2n) is 6.49. The van der Waals surface area contributed by atoms with Crippen LogP contribution in [0, 0.1) is 0 Å². The van der Waals surface area contributed by atoms with Crippen LogP contribution >= 0.6 is 0 Å². The molecular formula is C22H15N5O2. The van der Waals surface area contributed by atoms with E-state index >= 15 is 0 Å². The zero-order valence-electron chi connectivity index (χ0n) is 15.2. The number of carbonyl (C=O) groups is 1. The van der Waals surface area contributed by atoms with Crippen LogP contribution in [0.5, 0.6) is 0 Å². The van der Waals surface area contributed by atoms with E-state index in [1.54, 1.807) is 24.5 Å². The minimum absolute atomic E-state index is 0.398. The SMILES string of the molecule is Nc1[nH]c(N=NC(=O)c2cc(-c3ccco3)nc3ccccc23)c2ccccc12. The fourth-order valence-electron chi connectivity index (χ4n) is 3.32. The summed E-state index contributed by atoms with van der Waals surface area (Å²) in [4.78, 5) is 20.5. The Kier molecular flexibility index (Phi) is 3.91. The van der Waals surface area contributed by atoms with E-state index in [2.05, 4.69) is 20.2 Å². The number of nitrogens with one attached hydrogen (secondary N) is 1. The highest BCUT2D eigenvalue weighted by atomic mass is 16.3. The zero-order valence-corrected chi connectivity index (χ0v) is 15.2. The smallest absolute Gasteiger partial charge is 0.296 e. The maximum absolute atomic E-state index is 12.9. The van der Waals surface area contributed by atoms with Crippen LogP contribution < -0.4 is 5.73 Å².